The molecule has 0 radical (unpaired) electrons. The van der Waals surface area contributed by atoms with Crippen molar-refractivity contribution >= 4 is 27.5 Å². The summed E-state index contributed by atoms with van der Waals surface area (Å²) in [6, 6.07) is 6.43. The van der Waals surface area contributed by atoms with Gasteiger partial charge in [0.25, 0.3) is 0 Å². The van der Waals surface area contributed by atoms with Gasteiger partial charge in [0.1, 0.15) is 0 Å². The minimum Gasteiger partial charge on any atom is -0.340 e. The number of hydrogen-bond donors (Lipinski definition) is 1. The van der Waals surface area contributed by atoms with E-state index in [2.05, 4.69) is 5.32 Å². The van der Waals surface area contributed by atoms with Gasteiger partial charge in [-0.25, -0.2) is 8.42 Å². The van der Waals surface area contributed by atoms with Gasteiger partial charge in [0.2, 0.25) is 21.8 Å². The summed E-state index contributed by atoms with van der Waals surface area (Å²) in [5.74, 6) is 0.366. The minimum atomic E-state index is -3.49. The van der Waals surface area contributed by atoms with Gasteiger partial charge in [0.05, 0.1) is 11.4 Å². The highest BCUT2D eigenvalue weighted by atomic mass is 32.2. The summed E-state index contributed by atoms with van der Waals surface area (Å²) in [5.41, 5.74) is 0.586. The van der Waals surface area contributed by atoms with E-state index >= 15 is 0 Å². The average molecular weight is 449 g/mol. The van der Waals surface area contributed by atoms with Crippen molar-refractivity contribution < 1.29 is 18.0 Å². The largest absolute Gasteiger partial charge is 0.340 e. The fraction of sp³-hybridized carbons (Fsp3) is 0.636. The maximum absolute atomic E-state index is 12.9. The Morgan fingerprint density at radius 2 is 1.48 bits per heavy atom. The molecule has 0 bridgehead atoms. The quantitative estimate of drug-likeness (QED) is 0.716. The minimum absolute atomic E-state index is 0.134. The maximum Gasteiger partial charge on any atom is 0.243 e. The first-order valence-corrected chi connectivity index (χ1v) is 12.8. The summed E-state index contributed by atoms with van der Waals surface area (Å²) in [4.78, 5) is 28.8. The molecule has 0 aromatic heterocycles. The van der Waals surface area contributed by atoms with Crippen molar-refractivity contribution in [1.29, 1.82) is 0 Å². The van der Waals surface area contributed by atoms with Crippen molar-refractivity contribution in [1.82, 2.24) is 14.1 Å². The molecule has 0 atom stereocenters. The van der Waals surface area contributed by atoms with Crippen LogP contribution in [-0.2, 0) is 19.6 Å². The van der Waals surface area contributed by atoms with Crippen molar-refractivity contribution in [2.45, 2.75) is 43.4 Å². The van der Waals surface area contributed by atoms with E-state index in [1.165, 1.54) is 0 Å². The summed E-state index contributed by atoms with van der Waals surface area (Å²) in [6.45, 7) is 4.13. The first kappa shape index (κ1) is 22.2. The van der Waals surface area contributed by atoms with Crippen LogP contribution in [0.25, 0.3) is 0 Å². The Bertz CT molecular complexity index is 883. The van der Waals surface area contributed by atoms with Gasteiger partial charge in [-0.3, -0.25) is 14.5 Å². The van der Waals surface area contributed by atoms with E-state index in [1.807, 2.05) is 9.80 Å². The number of benzene rings is 1. The van der Waals surface area contributed by atoms with E-state index in [0.29, 0.717) is 45.0 Å². The van der Waals surface area contributed by atoms with Crippen molar-refractivity contribution in [3.05, 3.63) is 24.3 Å². The van der Waals surface area contributed by atoms with Crippen LogP contribution >= 0.6 is 0 Å². The summed E-state index contributed by atoms with van der Waals surface area (Å²) < 4.78 is 27.3. The number of nitrogens with one attached hydrogen (secondary N) is 1. The molecule has 31 heavy (non-hydrogen) atoms. The van der Waals surface area contributed by atoms with Crippen LogP contribution in [0.2, 0.25) is 0 Å². The standard InChI is InChI=1S/C22H32N4O4S/c27-21(17-24-13-15-25(16-14-24)22(28)18-5-6-18)23-19-7-9-20(10-8-19)31(29,30)26-11-3-1-2-4-12-26/h7-10,18H,1-6,11-17H2,(H,23,27). The maximum atomic E-state index is 12.9. The zero-order chi connectivity index (χ0) is 21.8. The molecule has 2 aliphatic heterocycles. The van der Waals surface area contributed by atoms with E-state index < -0.39 is 10.0 Å². The van der Waals surface area contributed by atoms with E-state index in [-0.39, 0.29) is 29.2 Å². The summed E-state index contributed by atoms with van der Waals surface area (Å²) in [5, 5.41) is 2.85. The Morgan fingerprint density at radius 1 is 0.871 bits per heavy atom. The van der Waals surface area contributed by atoms with Crippen LogP contribution in [0.1, 0.15) is 38.5 Å². The fourth-order valence-electron chi connectivity index (χ4n) is 4.26. The lowest BCUT2D eigenvalue weighted by molar-refractivity contribution is -0.134. The number of amides is 2. The van der Waals surface area contributed by atoms with Gasteiger partial charge in [-0.2, -0.15) is 4.31 Å². The van der Waals surface area contributed by atoms with Crippen LogP contribution in [0.5, 0.6) is 0 Å². The van der Waals surface area contributed by atoms with Crippen LogP contribution < -0.4 is 5.32 Å². The lowest BCUT2D eigenvalue weighted by atomic mass is 10.2. The molecule has 3 fully saturated rings. The Morgan fingerprint density at radius 3 is 2.06 bits per heavy atom. The number of piperazine rings is 1. The van der Waals surface area contributed by atoms with Gasteiger partial charge in [-0.05, 0) is 49.9 Å². The predicted octanol–water partition coefficient (Wildman–Crippen LogP) is 1.74. The number of sulfonamides is 1. The fourth-order valence-corrected chi connectivity index (χ4v) is 5.78. The van der Waals surface area contributed by atoms with Crippen LogP contribution in [-0.4, -0.2) is 80.2 Å². The highest BCUT2D eigenvalue weighted by Crippen LogP contribution is 2.31. The van der Waals surface area contributed by atoms with Crippen molar-refractivity contribution in [2.24, 2.45) is 5.92 Å². The predicted molar refractivity (Wildman–Crippen MR) is 118 cm³/mol. The Kier molecular flexibility index (Phi) is 6.93. The SMILES string of the molecule is O=C(CN1CCN(C(=O)C2CC2)CC1)Nc1ccc(S(=O)(=O)N2CCCCCC2)cc1. The zero-order valence-electron chi connectivity index (χ0n) is 18.0. The number of nitrogens with zero attached hydrogens (tertiary/aromatic N) is 3. The van der Waals surface area contributed by atoms with E-state index in [9.17, 15) is 18.0 Å². The summed E-state index contributed by atoms with van der Waals surface area (Å²) in [6.07, 6.45) is 5.97. The van der Waals surface area contributed by atoms with Gasteiger partial charge >= 0.3 is 0 Å². The molecule has 1 aromatic rings. The number of hydrogen-bond acceptors (Lipinski definition) is 5. The molecule has 9 heteroatoms. The topological polar surface area (TPSA) is 90.0 Å². The normalized spacial score (nSPS) is 21.5. The summed E-state index contributed by atoms with van der Waals surface area (Å²) >= 11 is 0. The molecular weight excluding hydrogens is 416 g/mol. The van der Waals surface area contributed by atoms with Crippen LogP contribution in [0.3, 0.4) is 0 Å². The summed E-state index contributed by atoms with van der Waals surface area (Å²) in [7, 11) is -3.49. The number of anilines is 1. The van der Waals surface area contributed by atoms with Crippen molar-refractivity contribution in [2.75, 3.05) is 51.1 Å². The monoisotopic (exact) mass is 448 g/mol. The third-order valence-electron chi connectivity index (χ3n) is 6.32. The van der Waals surface area contributed by atoms with Crippen LogP contribution in [0, 0.1) is 5.92 Å². The van der Waals surface area contributed by atoms with E-state index in [4.69, 9.17) is 0 Å². The van der Waals surface area contributed by atoms with Gasteiger partial charge in [0, 0.05) is 50.9 Å². The molecular formula is C22H32N4O4S. The van der Waals surface area contributed by atoms with Gasteiger partial charge < -0.3 is 10.2 Å². The Hall–Kier alpha value is -1.97. The number of carbonyl (C=O) groups is 2. The van der Waals surface area contributed by atoms with Gasteiger partial charge in [0.15, 0.2) is 0 Å². The number of rotatable bonds is 6. The second-order valence-corrected chi connectivity index (χ2v) is 10.7. The molecule has 1 N–H and O–H groups in total. The highest BCUT2D eigenvalue weighted by molar-refractivity contribution is 7.89. The molecule has 8 nitrogen and oxygen atoms in total. The first-order valence-electron chi connectivity index (χ1n) is 11.3. The molecule has 3 aliphatic rings. The molecule has 0 spiro atoms. The van der Waals surface area contributed by atoms with Gasteiger partial charge in [-0.1, -0.05) is 12.8 Å². The lowest BCUT2D eigenvalue weighted by Crippen LogP contribution is -2.50. The lowest BCUT2D eigenvalue weighted by Gasteiger charge is -2.34. The molecule has 0 unspecified atom stereocenters. The van der Waals surface area contributed by atoms with Crippen molar-refractivity contribution in [3.63, 3.8) is 0 Å². The molecule has 2 amide bonds. The molecule has 2 saturated heterocycles. The number of carbonyl (C=O) groups excluding carboxylic acids is 2. The smallest absolute Gasteiger partial charge is 0.243 e. The average Bonchev–Trinajstić information content (AvgIpc) is 3.61. The third kappa shape index (κ3) is 5.64. The molecule has 1 saturated carbocycles. The molecule has 4 rings (SSSR count). The molecule has 2 heterocycles. The van der Waals surface area contributed by atoms with E-state index in [0.717, 1.165) is 38.5 Å². The van der Waals surface area contributed by atoms with Crippen molar-refractivity contribution in [3.8, 4) is 0 Å². The zero-order valence-corrected chi connectivity index (χ0v) is 18.8. The Balaban J connectivity index is 1.26. The first-order chi connectivity index (χ1) is 14.9. The molecule has 1 aliphatic carbocycles. The molecule has 170 valence electrons. The second kappa shape index (κ2) is 9.67. The molecule has 1 aromatic carbocycles. The van der Waals surface area contributed by atoms with Crippen LogP contribution in [0.15, 0.2) is 29.2 Å². The van der Waals surface area contributed by atoms with E-state index in [1.54, 1.807) is 28.6 Å². The Labute approximate surface area is 184 Å². The second-order valence-electron chi connectivity index (χ2n) is 8.77. The third-order valence-corrected chi connectivity index (χ3v) is 8.23. The highest BCUT2D eigenvalue weighted by Gasteiger charge is 2.34. The van der Waals surface area contributed by atoms with Crippen LogP contribution in [0.4, 0.5) is 5.69 Å². The van der Waals surface area contributed by atoms with Gasteiger partial charge in [-0.15, -0.1) is 0 Å².